The molecule has 1 atom stereocenters. The van der Waals surface area contributed by atoms with Crippen LogP contribution in [0.1, 0.15) is 36.9 Å². The third kappa shape index (κ3) is 5.19. The maximum Gasteiger partial charge on any atom is 0.260 e. The molecule has 0 spiro atoms. The number of nitrogens with one attached hydrogen (secondary N) is 1. The second-order valence-corrected chi connectivity index (χ2v) is 11.3. The van der Waals surface area contributed by atoms with Crippen LogP contribution in [0.3, 0.4) is 0 Å². The van der Waals surface area contributed by atoms with Crippen LogP contribution in [-0.4, -0.2) is 76.6 Å². The van der Waals surface area contributed by atoms with E-state index in [1.807, 2.05) is 11.8 Å². The first kappa shape index (κ1) is 27.0. The number of hydrogen-bond acceptors (Lipinski definition) is 8. The molecule has 41 heavy (non-hydrogen) atoms. The van der Waals surface area contributed by atoms with E-state index in [4.69, 9.17) is 9.40 Å². The predicted molar refractivity (Wildman–Crippen MR) is 161 cm³/mol. The number of aromatic nitrogens is 3. The predicted octanol–water partition coefficient (Wildman–Crippen LogP) is 4.35. The van der Waals surface area contributed by atoms with Gasteiger partial charge in [-0.15, -0.1) is 0 Å². The zero-order valence-electron chi connectivity index (χ0n) is 24.2. The van der Waals surface area contributed by atoms with Crippen molar-refractivity contribution in [2.45, 2.75) is 39.7 Å². The molecular weight excluding hydrogens is 518 g/mol. The van der Waals surface area contributed by atoms with Crippen LogP contribution < -0.4 is 15.8 Å². The lowest BCUT2D eigenvalue weighted by molar-refractivity contribution is -0.130. The molecule has 5 heterocycles. The van der Waals surface area contributed by atoms with E-state index in [2.05, 4.69) is 52.3 Å². The Morgan fingerprint density at radius 1 is 1.10 bits per heavy atom. The van der Waals surface area contributed by atoms with E-state index in [1.165, 1.54) is 11.3 Å². The number of fused-ring (bicyclic) bond motifs is 1. The number of rotatable bonds is 5. The van der Waals surface area contributed by atoms with Crippen molar-refractivity contribution < 1.29 is 9.21 Å². The Morgan fingerprint density at radius 2 is 1.90 bits per heavy atom. The highest BCUT2D eigenvalue weighted by molar-refractivity contribution is 5.86. The maximum atomic E-state index is 14.1. The van der Waals surface area contributed by atoms with Gasteiger partial charge < -0.3 is 24.4 Å². The van der Waals surface area contributed by atoms with Crippen molar-refractivity contribution in [1.29, 1.82) is 0 Å². The van der Waals surface area contributed by atoms with Gasteiger partial charge in [-0.3, -0.25) is 14.2 Å². The van der Waals surface area contributed by atoms with Crippen LogP contribution >= 0.6 is 0 Å². The van der Waals surface area contributed by atoms with E-state index in [9.17, 15) is 9.59 Å². The average Bonchev–Trinajstić information content (AvgIpc) is 3.48. The van der Waals surface area contributed by atoms with E-state index in [1.54, 1.807) is 36.3 Å². The molecule has 2 aliphatic heterocycles. The van der Waals surface area contributed by atoms with E-state index < -0.39 is 0 Å². The lowest BCUT2D eigenvalue weighted by atomic mass is 9.99. The van der Waals surface area contributed by atoms with Crippen LogP contribution in [0.15, 0.2) is 52.2 Å². The zero-order chi connectivity index (χ0) is 28.7. The van der Waals surface area contributed by atoms with Gasteiger partial charge in [0.2, 0.25) is 11.9 Å². The number of amides is 1. The molecule has 10 heteroatoms. The molecule has 1 amide bonds. The number of carbonyl (C=O) groups is 1. The lowest BCUT2D eigenvalue weighted by Crippen LogP contribution is -2.44. The van der Waals surface area contributed by atoms with Crippen LogP contribution in [0.4, 0.5) is 17.3 Å². The standard InChI is InChI=1S/C31H37N7O3/c1-20-16-24(7-8-27(20)36-13-11-35(4)12-14-36)33-31-32-17-26-21(2)28(23-9-15-41-19-23)30(40)38(29(26)34-31)25-6-5-10-37(18-25)22(3)39/h7-9,15-17,19,25H,5-6,10-14,18H2,1-4H3,(H,32,33,34). The van der Waals surface area contributed by atoms with Gasteiger partial charge in [-0.2, -0.15) is 4.98 Å². The Labute approximate surface area is 239 Å². The highest BCUT2D eigenvalue weighted by Crippen LogP contribution is 2.31. The van der Waals surface area contributed by atoms with Crippen LogP contribution in [-0.2, 0) is 4.79 Å². The van der Waals surface area contributed by atoms with Gasteiger partial charge in [0, 0.05) is 74.7 Å². The molecule has 10 nitrogen and oxygen atoms in total. The third-order valence-corrected chi connectivity index (χ3v) is 8.52. The molecular formula is C31H37N7O3. The van der Waals surface area contributed by atoms with Crippen LogP contribution in [0.2, 0.25) is 0 Å². The number of furan rings is 1. The summed E-state index contributed by atoms with van der Waals surface area (Å²) in [6.45, 7) is 10.9. The van der Waals surface area contributed by atoms with Gasteiger partial charge in [-0.1, -0.05) is 0 Å². The number of anilines is 3. The fourth-order valence-electron chi connectivity index (χ4n) is 6.19. The molecule has 214 valence electrons. The van der Waals surface area contributed by atoms with Gasteiger partial charge in [0.15, 0.2) is 0 Å². The second kappa shape index (κ2) is 11.0. The quantitative estimate of drug-likeness (QED) is 0.388. The minimum absolute atomic E-state index is 0.0154. The van der Waals surface area contributed by atoms with Gasteiger partial charge in [0.1, 0.15) is 5.65 Å². The van der Waals surface area contributed by atoms with Crippen molar-refractivity contribution >= 4 is 34.3 Å². The Balaban J connectivity index is 1.39. The molecule has 1 N–H and O–H groups in total. The number of likely N-dealkylation sites (N-methyl/N-ethyl adjacent to an activating group) is 1. The molecule has 2 fully saturated rings. The Bertz CT molecular complexity index is 1640. The number of nitrogens with zero attached hydrogens (tertiary/aromatic N) is 6. The van der Waals surface area contributed by atoms with Crippen LogP contribution in [0, 0.1) is 13.8 Å². The SMILES string of the molecule is CC(=O)N1CCCC(n2c(=O)c(-c3ccoc3)c(C)c3cnc(Nc4ccc(N5CCN(C)CC5)c(C)c4)nc32)C1. The minimum atomic E-state index is -0.193. The number of hydrogen-bond donors (Lipinski definition) is 1. The maximum absolute atomic E-state index is 14.1. The lowest BCUT2D eigenvalue weighted by Gasteiger charge is -2.35. The molecule has 0 radical (unpaired) electrons. The number of likely N-dealkylation sites (tertiary alicyclic amines) is 1. The molecule has 0 bridgehead atoms. The number of piperazine rings is 1. The summed E-state index contributed by atoms with van der Waals surface area (Å²) in [6.07, 6.45) is 6.56. The number of aryl methyl sites for hydroxylation is 2. The summed E-state index contributed by atoms with van der Waals surface area (Å²) in [5, 5.41) is 4.17. The summed E-state index contributed by atoms with van der Waals surface area (Å²) in [4.78, 5) is 42.5. The van der Waals surface area contributed by atoms with Crippen molar-refractivity contribution in [3.63, 3.8) is 0 Å². The third-order valence-electron chi connectivity index (χ3n) is 8.52. The van der Waals surface area contributed by atoms with E-state index in [-0.39, 0.29) is 17.5 Å². The first-order chi connectivity index (χ1) is 19.8. The Hall–Kier alpha value is -4.18. The van der Waals surface area contributed by atoms with Gasteiger partial charge in [0.05, 0.1) is 24.1 Å². The van der Waals surface area contributed by atoms with Crippen molar-refractivity contribution in [2.24, 2.45) is 0 Å². The fraction of sp³-hybridized carbons (Fsp3) is 0.419. The summed E-state index contributed by atoms with van der Waals surface area (Å²) >= 11 is 0. The number of benzene rings is 1. The first-order valence-corrected chi connectivity index (χ1v) is 14.3. The zero-order valence-corrected chi connectivity index (χ0v) is 24.2. The fourth-order valence-corrected chi connectivity index (χ4v) is 6.19. The van der Waals surface area contributed by atoms with E-state index in [0.717, 1.165) is 61.2 Å². The van der Waals surface area contributed by atoms with E-state index in [0.29, 0.717) is 30.2 Å². The van der Waals surface area contributed by atoms with Crippen molar-refractivity contribution in [2.75, 3.05) is 56.5 Å². The molecule has 0 saturated carbocycles. The highest BCUT2D eigenvalue weighted by Gasteiger charge is 2.28. The summed E-state index contributed by atoms with van der Waals surface area (Å²) in [5.74, 6) is 0.439. The summed E-state index contributed by atoms with van der Waals surface area (Å²) in [6, 6.07) is 7.93. The van der Waals surface area contributed by atoms with Crippen LogP contribution in [0.5, 0.6) is 0 Å². The largest absolute Gasteiger partial charge is 0.472 e. The summed E-state index contributed by atoms with van der Waals surface area (Å²) in [5.41, 5.74) is 5.85. The number of carbonyl (C=O) groups excluding carboxylic acids is 1. The number of pyridine rings is 1. The van der Waals surface area contributed by atoms with Gasteiger partial charge in [-0.25, -0.2) is 4.98 Å². The summed E-state index contributed by atoms with van der Waals surface area (Å²) < 4.78 is 7.10. The molecule has 1 unspecified atom stereocenters. The van der Waals surface area contributed by atoms with Crippen LogP contribution in [0.25, 0.3) is 22.2 Å². The minimum Gasteiger partial charge on any atom is -0.472 e. The molecule has 0 aliphatic carbocycles. The first-order valence-electron chi connectivity index (χ1n) is 14.3. The molecule has 2 saturated heterocycles. The smallest absolute Gasteiger partial charge is 0.260 e. The van der Waals surface area contributed by atoms with Gasteiger partial charge in [0.25, 0.3) is 5.56 Å². The topological polar surface area (TPSA) is 99.7 Å². The Kier molecular flexibility index (Phi) is 7.25. The Morgan fingerprint density at radius 3 is 2.61 bits per heavy atom. The van der Waals surface area contributed by atoms with Gasteiger partial charge in [-0.05, 0) is 69.1 Å². The molecule has 4 aromatic rings. The molecule has 2 aliphatic rings. The average molecular weight is 556 g/mol. The number of piperidine rings is 1. The second-order valence-electron chi connectivity index (χ2n) is 11.3. The van der Waals surface area contributed by atoms with Crippen molar-refractivity contribution in [1.82, 2.24) is 24.3 Å². The summed E-state index contributed by atoms with van der Waals surface area (Å²) in [7, 11) is 2.16. The van der Waals surface area contributed by atoms with Gasteiger partial charge >= 0.3 is 0 Å². The van der Waals surface area contributed by atoms with Crippen molar-refractivity contribution in [3.8, 4) is 11.1 Å². The monoisotopic (exact) mass is 555 g/mol. The van der Waals surface area contributed by atoms with Crippen molar-refractivity contribution in [3.05, 3.63) is 64.5 Å². The van der Waals surface area contributed by atoms with E-state index >= 15 is 0 Å². The normalized spacial score (nSPS) is 18.2. The molecule has 1 aromatic carbocycles. The molecule has 3 aromatic heterocycles. The molecule has 6 rings (SSSR count). The highest BCUT2D eigenvalue weighted by atomic mass is 16.3.